The van der Waals surface area contributed by atoms with Crippen molar-refractivity contribution in [3.05, 3.63) is 29.8 Å². The minimum absolute atomic E-state index is 0.322. The molecule has 0 saturated carbocycles. The third-order valence-electron chi connectivity index (χ3n) is 3.19. The monoisotopic (exact) mass is 291 g/mol. The van der Waals surface area contributed by atoms with Crippen molar-refractivity contribution < 1.29 is 34.0 Å². The van der Waals surface area contributed by atoms with E-state index in [0.717, 1.165) is 23.3 Å². The van der Waals surface area contributed by atoms with Crippen LogP contribution in [0.25, 0.3) is 0 Å². The Morgan fingerprint density at radius 1 is 1.15 bits per heavy atom. The summed E-state index contributed by atoms with van der Waals surface area (Å²) in [6, 6.07) is 2.01. The third kappa shape index (κ3) is 2.74. The van der Waals surface area contributed by atoms with E-state index in [1.807, 2.05) is 0 Å². The number of hydrogen-bond donors (Lipinski definition) is 4. The smallest absolute Gasteiger partial charge is 0.218 e. The van der Waals surface area contributed by atoms with Gasteiger partial charge in [-0.05, 0) is 12.1 Å². The number of hydrogen-bond acceptors (Lipinski definition) is 6. The maximum absolute atomic E-state index is 13.5. The fourth-order valence-corrected chi connectivity index (χ4v) is 2.04. The Kier molecular flexibility index (Phi) is 4.51. The summed E-state index contributed by atoms with van der Waals surface area (Å²) in [7, 11) is 0. The fourth-order valence-electron chi connectivity index (χ4n) is 2.04. The van der Waals surface area contributed by atoms with Crippen molar-refractivity contribution in [1.29, 1.82) is 0 Å². The number of aliphatic hydroxyl groups is 4. The first-order chi connectivity index (χ1) is 9.45. The Bertz CT molecular complexity index is 455. The number of piperidine rings is 1. The molecule has 4 atom stereocenters. The van der Waals surface area contributed by atoms with E-state index in [0.29, 0.717) is 0 Å². The Hall–Kier alpha value is -1.32. The second kappa shape index (κ2) is 5.98. The molecule has 20 heavy (non-hydrogen) atoms. The molecule has 1 heterocycles. The van der Waals surface area contributed by atoms with E-state index >= 15 is 0 Å². The molecule has 2 rings (SSSR count). The van der Waals surface area contributed by atoms with Crippen LogP contribution in [0.3, 0.4) is 0 Å². The Morgan fingerprint density at radius 2 is 1.75 bits per heavy atom. The van der Waals surface area contributed by atoms with Gasteiger partial charge in [0, 0.05) is 0 Å². The quantitative estimate of drug-likeness (QED) is 0.572. The Labute approximate surface area is 113 Å². The van der Waals surface area contributed by atoms with Gasteiger partial charge in [-0.3, -0.25) is 0 Å². The number of β-amino-alcohol motifs (C(OH)–C–C–N with tert-alkyl or cyclic N) is 1. The number of rotatable bonds is 3. The molecule has 0 unspecified atom stereocenters. The van der Waals surface area contributed by atoms with Gasteiger partial charge in [-0.2, -0.15) is 0 Å². The topological polar surface area (TPSA) is 93.4 Å². The molecule has 0 aliphatic carbocycles. The zero-order valence-electron chi connectivity index (χ0n) is 10.4. The second-order valence-corrected chi connectivity index (χ2v) is 4.54. The molecular weight excluding hydrogens is 276 g/mol. The maximum Gasteiger partial charge on any atom is 0.218 e. The minimum Gasteiger partial charge on any atom is -0.399 e. The highest BCUT2D eigenvalue weighted by atomic mass is 19.1. The number of para-hydroxylation sites is 1. The Morgan fingerprint density at radius 3 is 2.30 bits per heavy atom. The third-order valence-corrected chi connectivity index (χ3v) is 3.19. The van der Waals surface area contributed by atoms with Crippen molar-refractivity contribution >= 4 is 0 Å². The normalized spacial score (nSPS) is 31.3. The van der Waals surface area contributed by atoms with Crippen LogP contribution in [-0.4, -0.2) is 63.0 Å². The van der Waals surface area contributed by atoms with E-state index in [1.54, 1.807) is 0 Å². The van der Waals surface area contributed by atoms with Crippen LogP contribution in [0.2, 0.25) is 0 Å². The molecule has 0 radical (unpaired) electrons. The first-order valence-corrected chi connectivity index (χ1v) is 5.99. The zero-order chi connectivity index (χ0) is 14.9. The number of aliphatic hydroxyl groups excluding tert-OH is 4. The van der Waals surface area contributed by atoms with Gasteiger partial charge in [0.1, 0.15) is 12.2 Å². The van der Waals surface area contributed by atoms with Gasteiger partial charge in [0.05, 0.1) is 25.3 Å². The van der Waals surface area contributed by atoms with E-state index in [4.69, 9.17) is 4.84 Å². The molecule has 8 heteroatoms. The molecule has 1 aliphatic heterocycles. The van der Waals surface area contributed by atoms with Crippen LogP contribution in [0.5, 0.6) is 5.75 Å². The molecule has 112 valence electrons. The molecule has 1 fully saturated rings. The zero-order valence-corrected chi connectivity index (χ0v) is 10.4. The van der Waals surface area contributed by atoms with Crippen molar-refractivity contribution in [2.24, 2.45) is 0 Å². The summed E-state index contributed by atoms with van der Waals surface area (Å²) in [6.45, 7) is -0.946. The summed E-state index contributed by atoms with van der Waals surface area (Å²) in [4.78, 5) is 5.00. The standard InChI is InChI=1S/C12H15F2NO5/c13-6-2-1-3-7(14)12(6)20-15-4-9(17)11(19)10(18)8(15)5-16/h1-3,8-11,16-19H,4-5H2/t8-,9+,10-,11-/m1/s1. The number of nitrogens with zero attached hydrogens (tertiary/aromatic N) is 1. The predicted molar refractivity (Wildman–Crippen MR) is 62.6 cm³/mol. The molecule has 4 N–H and O–H groups in total. The maximum atomic E-state index is 13.5. The first-order valence-electron chi connectivity index (χ1n) is 5.99. The van der Waals surface area contributed by atoms with Crippen LogP contribution >= 0.6 is 0 Å². The second-order valence-electron chi connectivity index (χ2n) is 4.54. The van der Waals surface area contributed by atoms with Crippen molar-refractivity contribution in [1.82, 2.24) is 5.06 Å². The van der Waals surface area contributed by atoms with Gasteiger partial charge >= 0.3 is 0 Å². The van der Waals surface area contributed by atoms with Crippen molar-refractivity contribution in [2.75, 3.05) is 13.2 Å². The summed E-state index contributed by atoms with van der Waals surface area (Å²) in [6.07, 6.45) is -4.36. The molecule has 6 nitrogen and oxygen atoms in total. The lowest BCUT2D eigenvalue weighted by atomic mass is 9.96. The van der Waals surface area contributed by atoms with E-state index in [9.17, 15) is 29.2 Å². The molecule has 1 aliphatic rings. The summed E-state index contributed by atoms with van der Waals surface area (Å²) in [5, 5.41) is 38.8. The van der Waals surface area contributed by atoms with Crippen molar-refractivity contribution in [3.8, 4) is 5.75 Å². The van der Waals surface area contributed by atoms with Crippen LogP contribution in [0.1, 0.15) is 0 Å². The lowest BCUT2D eigenvalue weighted by Crippen LogP contribution is -2.63. The lowest BCUT2D eigenvalue weighted by molar-refractivity contribution is -0.225. The average molecular weight is 291 g/mol. The average Bonchev–Trinajstić information content (AvgIpc) is 2.41. The molecular formula is C12H15F2NO5. The van der Waals surface area contributed by atoms with Gasteiger partial charge < -0.3 is 25.3 Å². The van der Waals surface area contributed by atoms with E-state index in [-0.39, 0.29) is 6.54 Å². The van der Waals surface area contributed by atoms with Gasteiger partial charge in [0.2, 0.25) is 5.75 Å². The van der Waals surface area contributed by atoms with Gasteiger partial charge in [0.15, 0.2) is 11.6 Å². The van der Waals surface area contributed by atoms with E-state index in [1.165, 1.54) is 0 Å². The molecule has 1 aromatic carbocycles. The fraction of sp³-hybridized carbons (Fsp3) is 0.500. The summed E-state index contributed by atoms with van der Waals surface area (Å²) in [5.74, 6) is -2.63. The van der Waals surface area contributed by atoms with Gasteiger partial charge in [-0.15, -0.1) is 5.06 Å². The van der Waals surface area contributed by atoms with Crippen LogP contribution in [0.4, 0.5) is 8.78 Å². The Balaban J connectivity index is 2.23. The number of benzene rings is 1. The highest BCUT2D eigenvalue weighted by Crippen LogP contribution is 2.26. The van der Waals surface area contributed by atoms with Crippen LogP contribution in [-0.2, 0) is 0 Å². The first kappa shape index (κ1) is 15.1. The highest BCUT2D eigenvalue weighted by molar-refractivity contribution is 5.25. The molecule has 1 saturated heterocycles. The molecule has 0 spiro atoms. The number of halogens is 2. The lowest BCUT2D eigenvalue weighted by Gasteiger charge is -2.41. The molecule has 0 bridgehead atoms. The van der Waals surface area contributed by atoms with E-state index in [2.05, 4.69) is 0 Å². The summed E-state index contributed by atoms with van der Waals surface area (Å²) in [5.41, 5.74) is 0. The van der Waals surface area contributed by atoms with Gasteiger partial charge in [-0.1, -0.05) is 6.07 Å². The molecule has 0 amide bonds. The van der Waals surface area contributed by atoms with Crippen LogP contribution in [0.15, 0.2) is 18.2 Å². The number of hydroxylamine groups is 2. The van der Waals surface area contributed by atoms with Crippen molar-refractivity contribution in [3.63, 3.8) is 0 Å². The van der Waals surface area contributed by atoms with Gasteiger partial charge in [0.25, 0.3) is 0 Å². The van der Waals surface area contributed by atoms with E-state index < -0.39 is 48.3 Å². The highest BCUT2D eigenvalue weighted by Gasteiger charge is 2.43. The predicted octanol–water partition coefficient (Wildman–Crippen LogP) is -0.982. The summed E-state index contributed by atoms with van der Waals surface area (Å²) < 4.78 is 27.0. The van der Waals surface area contributed by atoms with Gasteiger partial charge in [-0.25, -0.2) is 8.78 Å². The largest absolute Gasteiger partial charge is 0.399 e. The summed E-state index contributed by atoms with van der Waals surface area (Å²) >= 11 is 0. The molecule has 1 aromatic rings. The SMILES string of the molecule is OC[C@@H]1[C@@H](O)[C@H](O)[C@@H](O)CN1Oc1c(F)cccc1F. The minimum atomic E-state index is -1.52. The molecule has 0 aromatic heterocycles. The van der Waals surface area contributed by atoms with Crippen LogP contribution in [0, 0.1) is 11.6 Å². The van der Waals surface area contributed by atoms with Crippen LogP contribution < -0.4 is 4.84 Å². The van der Waals surface area contributed by atoms with Crippen molar-refractivity contribution in [2.45, 2.75) is 24.4 Å².